The number of hydrogen-bond donors (Lipinski definition) is 3. The van der Waals surface area contributed by atoms with Gasteiger partial charge in [-0.3, -0.25) is 29.4 Å². The van der Waals surface area contributed by atoms with Crippen molar-refractivity contribution in [1.82, 2.24) is 35.3 Å². The Morgan fingerprint density at radius 3 is 2.37 bits per heavy atom. The van der Waals surface area contributed by atoms with Gasteiger partial charge in [-0.1, -0.05) is 39.0 Å². The summed E-state index contributed by atoms with van der Waals surface area (Å²) in [6, 6.07) is 10.5. The molecule has 1 atom stereocenters. The smallest absolute Gasteiger partial charge is 0.228 e. The van der Waals surface area contributed by atoms with E-state index >= 15 is 0 Å². The van der Waals surface area contributed by atoms with Crippen molar-refractivity contribution in [1.29, 1.82) is 0 Å². The first kappa shape index (κ1) is 31.5. The van der Waals surface area contributed by atoms with Crippen LogP contribution >= 0.6 is 0 Å². The Labute approximate surface area is 242 Å². The largest absolute Gasteiger partial charge is 0.339 e. The Hall–Kier alpha value is -4.03. The van der Waals surface area contributed by atoms with Crippen molar-refractivity contribution in [3.63, 3.8) is 0 Å². The Balaban J connectivity index is 0.000000171. The van der Waals surface area contributed by atoms with Crippen LogP contribution < -0.4 is 15.8 Å². The molecule has 1 unspecified atom stereocenters. The minimum atomic E-state index is -0.341. The number of aromatic amines is 1. The lowest BCUT2D eigenvalue weighted by atomic mass is 9.93. The Morgan fingerprint density at radius 1 is 1.05 bits per heavy atom. The molecule has 3 amide bonds. The van der Waals surface area contributed by atoms with Gasteiger partial charge in [-0.05, 0) is 26.1 Å². The molecule has 41 heavy (non-hydrogen) atoms. The maximum Gasteiger partial charge on any atom is 0.228 e. The van der Waals surface area contributed by atoms with E-state index in [2.05, 4.69) is 67.1 Å². The van der Waals surface area contributed by atoms with Crippen molar-refractivity contribution in [2.24, 2.45) is 5.41 Å². The number of hydrazine groups is 1. The van der Waals surface area contributed by atoms with Crippen LogP contribution in [0, 0.1) is 5.41 Å². The third kappa shape index (κ3) is 8.98. The molecule has 1 aromatic carbocycles. The minimum Gasteiger partial charge on any atom is -0.339 e. The number of nitrogens with one attached hydrogen (secondary N) is 3. The molecule has 0 bridgehead atoms. The fourth-order valence-corrected chi connectivity index (χ4v) is 4.48. The molecule has 4 heterocycles. The van der Waals surface area contributed by atoms with Gasteiger partial charge in [0, 0.05) is 62.7 Å². The third-order valence-electron chi connectivity index (χ3n) is 6.85. The molecule has 12 nitrogen and oxygen atoms in total. The lowest BCUT2D eigenvalue weighted by Crippen LogP contribution is -2.57. The van der Waals surface area contributed by atoms with Crippen LogP contribution in [0.1, 0.15) is 34.6 Å². The number of rotatable bonds is 3. The van der Waals surface area contributed by atoms with Crippen LogP contribution in [0.25, 0.3) is 10.9 Å². The minimum absolute atomic E-state index is 0.0923. The van der Waals surface area contributed by atoms with E-state index in [1.54, 1.807) is 30.4 Å². The number of likely N-dealkylation sites (N-methyl/N-ethyl adjacent to an activating group) is 1. The molecule has 2 saturated heterocycles. The second kappa shape index (κ2) is 14.6. The fourth-order valence-electron chi connectivity index (χ4n) is 4.48. The van der Waals surface area contributed by atoms with E-state index in [1.807, 2.05) is 38.7 Å². The summed E-state index contributed by atoms with van der Waals surface area (Å²) in [4.78, 5) is 43.4. The second-order valence-corrected chi connectivity index (χ2v) is 11.2. The molecular weight excluding hydrogens is 522 g/mol. The normalized spacial score (nSPS) is 17.6. The zero-order valence-electron chi connectivity index (χ0n) is 24.9. The first-order valence-corrected chi connectivity index (χ1v) is 13.8. The van der Waals surface area contributed by atoms with Gasteiger partial charge >= 0.3 is 0 Å². The fraction of sp³-hybridized carbons (Fsp3) is 0.483. The van der Waals surface area contributed by atoms with Gasteiger partial charge in [0.1, 0.15) is 0 Å². The second-order valence-electron chi connectivity index (χ2n) is 11.2. The van der Waals surface area contributed by atoms with Gasteiger partial charge in [-0.25, -0.2) is 5.43 Å². The third-order valence-corrected chi connectivity index (χ3v) is 6.85. The van der Waals surface area contributed by atoms with Crippen molar-refractivity contribution in [2.45, 2.75) is 40.7 Å². The number of piperazine rings is 1. The first-order valence-electron chi connectivity index (χ1n) is 13.8. The number of amides is 3. The van der Waals surface area contributed by atoms with Gasteiger partial charge in [-0.15, -0.1) is 0 Å². The molecule has 2 fully saturated rings. The standard InChI is InChI=1S/C12H22N2O2.C10H15N3.C7H6N4O/c1-9-8-13(10(2)15)6-7-14(9)11(16)12(3,4)5;1-12-7-8-13(11-9-12)10-5-3-2-4-6-10;12-4-9-6-3-8-1-5-2-10-11-7(5)6/h9H,6-8H2,1-5H3;2-6,11H,7-9H2,1H3;1-4H,(H,9,12)(H,10,11). The maximum atomic E-state index is 12.1. The molecule has 2 aromatic heterocycles. The average Bonchev–Trinajstić information content (AvgIpc) is 3.44. The molecule has 12 heteroatoms. The van der Waals surface area contributed by atoms with Crippen LogP contribution in [0.4, 0.5) is 11.4 Å². The number of benzene rings is 1. The molecular formula is C29H43N9O3. The van der Waals surface area contributed by atoms with Gasteiger partial charge in [0.15, 0.2) is 0 Å². The molecule has 5 rings (SSSR count). The number of anilines is 2. The molecule has 0 aliphatic carbocycles. The summed E-state index contributed by atoms with van der Waals surface area (Å²) in [5.41, 5.74) is 5.68. The molecule has 3 aromatic rings. The number of carbonyl (C=O) groups excluding carboxylic acids is 3. The van der Waals surface area contributed by atoms with E-state index in [1.165, 1.54) is 5.69 Å². The average molecular weight is 566 g/mol. The van der Waals surface area contributed by atoms with Crippen LogP contribution in [-0.2, 0) is 14.4 Å². The Kier molecular flexibility index (Phi) is 11.2. The van der Waals surface area contributed by atoms with Gasteiger partial charge in [0.05, 0.1) is 36.0 Å². The molecule has 0 saturated carbocycles. The number of aromatic nitrogens is 3. The summed E-state index contributed by atoms with van der Waals surface area (Å²) in [5.74, 6) is 0.262. The van der Waals surface area contributed by atoms with Crippen molar-refractivity contribution >= 4 is 40.5 Å². The summed E-state index contributed by atoms with van der Waals surface area (Å²) in [6.07, 6.45) is 5.50. The molecule has 3 N–H and O–H groups in total. The first-order chi connectivity index (χ1) is 19.5. The van der Waals surface area contributed by atoms with Gasteiger partial charge in [0.25, 0.3) is 0 Å². The SMILES string of the molecule is CC(=O)N1CCN(C(=O)C(C)(C)C)C(C)C1.CN1CCN(c2ccccc2)NC1.O=CNc1cncc2cn[nH]c12. The Morgan fingerprint density at radius 2 is 1.78 bits per heavy atom. The monoisotopic (exact) mass is 565 g/mol. The van der Waals surface area contributed by atoms with Crippen molar-refractivity contribution in [3.8, 4) is 0 Å². The zero-order valence-corrected chi connectivity index (χ0v) is 24.9. The Bertz CT molecular complexity index is 1270. The van der Waals surface area contributed by atoms with E-state index in [0.717, 1.165) is 30.7 Å². The predicted octanol–water partition coefficient (Wildman–Crippen LogP) is 2.54. The van der Waals surface area contributed by atoms with Crippen molar-refractivity contribution in [3.05, 3.63) is 48.9 Å². The quantitative estimate of drug-likeness (QED) is 0.413. The number of carbonyl (C=O) groups is 3. The number of nitrogens with zero attached hydrogens (tertiary/aromatic N) is 6. The molecule has 0 spiro atoms. The number of para-hydroxylation sites is 1. The summed E-state index contributed by atoms with van der Waals surface area (Å²) >= 11 is 0. The van der Waals surface area contributed by atoms with Crippen LogP contribution in [0.15, 0.2) is 48.9 Å². The van der Waals surface area contributed by atoms with E-state index in [4.69, 9.17) is 0 Å². The molecule has 0 radical (unpaired) electrons. The van der Waals surface area contributed by atoms with Crippen LogP contribution in [0.2, 0.25) is 0 Å². The summed E-state index contributed by atoms with van der Waals surface area (Å²) < 4.78 is 0. The molecule has 2 aliphatic heterocycles. The van der Waals surface area contributed by atoms with Crippen LogP contribution in [-0.4, -0.2) is 101 Å². The highest BCUT2D eigenvalue weighted by molar-refractivity contribution is 5.93. The highest BCUT2D eigenvalue weighted by Gasteiger charge is 2.34. The zero-order chi connectivity index (χ0) is 30.0. The predicted molar refractivity (Wildman–Crippen MR) is 161 cm³/mol. The van der Waals surface area contributed by atoms with E-state index < -0.39 is 0 Å². The number of pyridine rings is 1. The van der Waals surface area contributed by atoms with Crippen LogP contribution in [0.3, 0.4) is 0 Å². The number of fused-ring (bicyclic) bond motifs is 1. The summed E-state index contributed by atoms with van der Waals surface area (Å²) in [5, 5.41) is 12.2. The summed E-state index contributed by atoms with van der Waals surface area (Å²) in [7, 11) is 2.12. The lowest BCUT2D eigenvalue weighted by molar-refractivity contribution is -0.147. The van der Waals surface area contributed by atoms with E-state index in [-0.39, 0.29) is 23.3 Å². The van der Waals surface area contributed by atoms with Crippen molar-refractivity contribution in [2.75, 3.05) is 56.8 Å². The van der Waals surface area contributed by atoms with Gasteiger partial charge in [-0.2, -0.15) is 5.10 Å². The van der Waals surface area contributed by atoms with Crippen molar-refractivity contribution < 1.29 is 14.4 Å². The number of H-pyrrole nitrogens is 1. The van der Waals surface area contributed by atoms with E-state index in [9.17, 15) is 14.4 Å². The highest BCUT2D eigenvalue weighted by atomic mass is 16.2. The highest BCUT2D eigenvalue weighted by Crippen LogP contribution is 2.21. The molecule has 2 aliphatic rings. The lowest BCUT2D eigenvalue weighted by Gasteiger charge is -2.42. The van der Waals surface area contributed by atoms with Gasteiger partial charge in [0.2, 0.25) is 18.2 Å². The van der Waals surface area contributed by atoms with E-state index in [0.29, 0.717) is 31.7 Å². The summed E-state index contributed by atoms with van der Waals surface area (Å²) in [6.45, 7) is 14.4. The molecule has 222 valence electrons. The van der Waals surface area contributed by atoms with Crippen LogP contribution in [0.5, 0.6) is 0 Å². The van der Waals surface area contributed by atoms with Gasteiger partial charge < -0.3 is 20.1 Å². The number of hydrogen-bond acceptors (Lipinski definition) is 8. The maximum absolute atomic E-state index is 12.1. The topological polar surface area (TPSA) is 130 Å².